The fraction of sp³-hybridized carbons (Fsp3) is 0.429. The van der Waals surface area contributed by atoms with Gasteiger partial charge in [0.1, 0.15) is 0 Å². The van der Waals surface area contributed by atoms with Crippen LogP contribution >= 0.6 is 0 Å². The van der Waals surface area contributed by atoms with E-state index < -0.39 is 23.8 Å². The molecule has 0 spiro atoms. The van der Waals surface area contributed by atoms with Gasteiger partial charge in [-0.2, -0.15) is 0 Å². The van der Waals surface area contributed by atoms with Crippen molar-refractivity contribution < 1.29 is 23.9 Å². The highest BCUT2D eigenvalue weighted by molar-refractivity contribution is 6.44. The molecule has 1 saturated heterocycles. The van der Waals surface area contributed by atoms with Gasteiger partial charge in [0.15, 0.2) is 0 Å². The SMILES string of the molecule is COC(=O)CCN1C(=O)NC(=O)C1=O. The van der Waals surface area contributed by atoms with E-state index in [2.05, 4.69) is 4.74 Å². The Bertz CT molecular complexity index is 311. The van der Waals surface area contributed by atoms with Gasteiger partial charge in [0.25, 0.3) is 0 Å². The first kappa shape index (κ1) is 10.2. The molecule has 0 atom stereocenters. The first-order valence-corrected chi connectivity index (χ1v) is 3.80. The molecular formula is C7H8N2O5. The Hall–Kier alpha value is -1.92. The molecule has 0 unspecified atom stereocenters. The minimum Gasteiger partial charge on any atom is -0.469 e. The Morgan fingerprint density at radius 3 is 2.50 bits per heavy atom. The van der Waals surface area contributed by atoms with E-state index in [1.54, 1.807) is 5.32 Å². The molecule has 0 radical (unpaired) electrons. The van der Waals surface area contributed by atoms with E-state index >= 15 is 0 Å². The quantitative estimate of drug-likeness (QED) is 0.344. The molecule has 1 aliphatic rings. The van der Waals surface area contributed by atoms with Gasteiger partial charge < -0.3 is 4.74 Å². The molecule has 7 nitrogen and oxygen atoms in total. The van der Waals surface area contributed by atoms with Crippen molar-refractivity contribution >= 4 is 23.8 Å². The van der Waals surface area contributed by atoms with Gasteiger partial charge in [-0.3, -0.25) is 24.6 Å². The normalized spacial score (nSPS) is 15.8. The minimum absolute atomic E-state index is 0.122. The van der Waals surface area contributed by atoms with Crippen molar-refractivity contribution in [3.8, 4) is 0 Å². The highest BCUT2D eigenvalue weighted by Crippen LogP contribution is 2.01. The number of amides is 4. The van der Waals surface area contributed by atoms with Crippen LogP contribution in [0.2, 0.25) is 0 Å². The molecule has 0 bridgehead atoms. The summed E-state index contributed by atoms with van der Waals surface area (Å²) in [5.74, 6) is -2.47. The first-order valence-electron chi connectivity index (χ1n) is 3.80. The Morgan fingerprint density at radius 2 is 2.07 bits per heavy atom. The maximum atomic E-state index is 11.0. The molecule has 76 valence electrons. The fourth-order valence-corrected chi connectivity index (χ4v) is 0.941. The number of rotatable bonds is 3. The minimum atomic E-state index is -0.972. The summed E-state index contributed by atoms with van der Waals surface area (Å²) in [4.78, 5) is 43.9. The Balaban J connectivity index is 2.53. The maximum Gasteiger partial charge on any atom is 0.331 e. The monoisotopic (exact) mass is 200 g/mol. The molecule has 1 rings (SSSR count). The van der Waals surface area contributed by atoms with Gasteiger partial charge in [0, 0.05) is 6.54 Å². The third-order valence-electron chi connectivity index (χ3n) is 1.67. The lowest BCUT2D eigenvalue weighted by atomic mass is 10.4. The zero-order valence-electron chi connectivity index (χ0n) is 7.40. The van der Waals surface area contributed by atoms with Gasteiger partial charge in [0.2, 0.25) is 0 Å². The summed E-state index contributed by atoms with van der Waals surface area (Å²) in [6.45, 7) is -0.150. The van der Waals surface area contributed by atoms with Crippen LogP contribution in [0.4, 0.5) is 4.79 Å². The largest absolute Gasteiger partial charge is 0.469 e. The predicted molar refractivity (Wildman–Crippen MR) is 41.9 cm³/mol. The zero-order chi connectivity index (χ0) is 10.7. The third kappa shape index (κ3) is 1.87. The lowest BCUT2D eigenvalue weighted by Crippen LogP contribution is -2.33. The summed E-state index contributed by atoms with van der Waals surface area (Å²) in [5, 5.41) is 1.80. The zero-order valence-corrected chi connectivity index (χ0v) is 7.40. The fourth-order valence-electron chi connectivity index (χ4n) is 0.941. The van der Waals surface area contributed by atoms with Crippen molar-refractivity contribution in [2.45, 2.75) is 6.42 Å². The van der Waals surface area contributed by atoms with E-state index in [4.69, 9.17) is 0 Å². The smallest absolute Gasteiger partial charge is 0.331 e. The number of imide groups is 2. The number of hydrogen-bond acceptors (Lipinski definition) is 5. The van der Waals surface area contributed by atoms with Crippen LogP contribution in [0, 0.1) is 0 Å². The summed E-state index contributed by atoms with van der Waals surface area (Å²) in [5.41, 5.74) is 0. The molecule has 0 aromatic heterocycles. The molecule has 0 aromatic carbocycles. The second kappa shape index (κ2) is 3.86. The molecule has 0 aromatic rings. The van der Waals surface area contributed by atoms with Crippen LogP contribution in [0.25, 0.3) is 0 Å². The van der Waals surface area contributed by atoms with E-state index in [9.17, 15) is 19.2 Å². The van der Waals surface area contributed by atoms with Crippen LogP contribution in [-0.4, -0.2) is 42.4 Å². The highest BCUT2D eigenvalue weighted by atomic mass is 16.5. The number of esters is 1. The van der Waals surface area contributed by atoms with Crippen LogP contribution in [0.5, 0.6) is 0 Å². The molecule has 1 aliphatic heterocycles. The molecule has 4 amide bonds. The van der Waals surface area contributed by atoms with Crippen molar-refractivity contribution in [1.29, 1.82) is 0 Å². The molecule has 0 saturated carbocycles. The first-order chi connectivity index (χ1) is 6.56. The number of nitrogens with zero attached hydrogens (tertiary/aromatic N) is 1. The Labute approximate surface area is 79.0 Å². The standard InChI is InChI=1S/C7H8N2O5/c1-14-4(10)2-3-9-6(12)5(11)8-7(9)13/h2-3H2,1H3,(H,8,11,13). The predicted octanol–water partition coefficient (Wildman–Crippen LogP) is -1.37. The number of urea groups is 1. The number of carbonyl (C=O) groups is 4. The number of nitrogens with one attached hydrogen (secondary N) is 1. The van der Waals surface area contributed by atoms with E-state index in [1.807, 2.05) is 0 Å². The summed E-state index contributed by atoms with van der Waals surface area (Å²) < 4.78 is 4.31. The van der Waals surface area contributed by atoms with Gasteiger partial charge in [-0.05, 0) is 0 Å². The summed E-state index contributed by atoms with van der Waals surface area (Å²) >= 11 is 0. The molecule has 1 N–H and O–H groups in total. The topological polar surface area (TPSA) is 92.8 Å². The van der Waals surface area contributed by atoms with Crippen molar-refractivity contribution in [3.63, 3.8) is 0 Å². The van der Waals surface area contributed by atoms with Gasteiger partial charge in [-0.15, -0.1) is 0 Å². The average Bonchev–Trinajstić information content (AvgIpc) is 2.39. The Morgan fingerprint density at radius 1 is 1.43 bits per heavy atom. The second-order valence-corrected chi connectivity index (χ2v) is 2.54. The summed E-state index contributed by atoms with van der Waals surface area (Å²) in [6.07, 6.45) is -0.122. The molecule has 14 heavy (non-hydrogen) atoms. The molecular weight excluding hydrogens is 192 g/mol. The van der Waals surface area contributed by atoms with Gasteiger partial charge in [0.05, 0.1) is 13.5 Å². The van der Waals surface area contributed by atoms with E-state index in [-0.39, 0.29) is 13.0 Å². The van der Waals surface area contributed by atoms with Crippen LogP contribution in [0.3, 0.4) is 0 Å². The lowest BCUT2D eigenvalue weighted by molar-refractivity contribution is -0.143. The molecule has 1 fully saturated rings. The van der Waals surface area contributed by atoms with Gasteiger partial charge in [-0.1, -0.05) is 0 Å². The number of hydrogen-bond donors (Lipinski definition) is 1. The number of ether oxygens (including phenoxy) is 1. The van der Waals surface area contributed by atoms with Crippen LogP contribution in [0.1, 0.15) is 6.42 Å². The average molecular weight is 200 g/mol. The molecule has 1 heterocycles. The Kier molecular flexibility index (Phi) is 2.80. The highest BCUT2D eigenvalue weighted by Gasteiger charge is 2.36. The van der Waals surface area contributed by atoms with Crippen molar-refractivity contribution in [3.05, 3.63) is 0 Å². The number of methoxy groups -OCH3 is 1. The number of carbonyl (C=O) groups excluding carboxylic acids is 4. The van der Waals surface area contributed by atoms with Crippen molar-refractivity contribution in [1.82, 2.24) is 10.2 Å². The van der Waals surface area contributed by atoms with Crippen LogP contribution < -0.4 is 5.32 Å². The van der Waals surface area contributed by atoms with Gasteiger partial charge >= 0.3 is 23.8 Å². The second-order valence-electron chi connectivity index (χ2n) is 2.54. The van der Waals surface area contributed by atoms with Gasteiger partial charge in [-0.25, -0.2) is 4.79 Å². The van der Waals surface area contributed by atoms with E-state index in [1.165, 1.54) is 7.11 Å². The maximum absolute atomic E-state index is 11.0. The van der Waals surface area contributed by atoms with Crippen LogP contribution in [0.15, 0.2) is 0 Å². The summed E-state index contributed by atoms with van der Waals surface area (Å²) in [7, 11) is 1.19. The third-order valence-corrected chi connectivity index (χ3v) is 1.67. The lowest BCUT2D eigenvalue weighted by Gasteiger charge is -2.09. The summed E-state index contributed by atoms with van der Waals surface area (Å²) in [6, 6.07) is -0.802. The van der Waals surface area contributed by atoms with Crippen LogP contribution in [-0.2, 0) is 19.1 Å². The van der Waals surface area contributed by atoms with Crippen molar-refractivity contribution in [2.75, 3.05) is 13.7 Å². The molecule has 0 aliphatic carbocycles. The molecule has 7 heteroatoms. The van der Waals surface area contributed by atoms with Crippen molar-refractivity contribution in [2.24, 2.45) is 0 Å². The van der Waals surface area contributed by atoms with E-state index in [0.717, 1.165) is 0 Å². The van der Waals surface area contributed by atoms with E-state index in [0.29, 0.717) is 4.90 Å².